The Hall–Kier alpha value is -0.340. The topological polar surface area (TPSA) is 20.2 Å². The molecule has 1 saturated carbocycles. The fourth-order valence-corrected chi connectivity index (χ4v) is 2.60. The molecule has 0 amide bonds. The number of hydrogen-bond donors (Lipinski definition) is 1. The van der Waals surface area contributed by atoms with Crippen molar-refractivity contribution in [3.63, 3.8) is 0 Å². The van der Waals surface area contributed by atoms with Crippen molar-refractivity contribution in [1.29, 1.82) is 0 Å². The lowest BCUT2D eigenvalue weighted by Gasteiger charge is -2.06. The van der Waals surface area contributed by atoms with Gasteiger partial charge in [-0.3, -0.25) is 0 Å². The van der Waals surface area contributed by atoms with Crippen LogP contribution in [0.1, 0.15) is 30.2 Å². The molecule has 1 N–H and O–H groups in total. The Labute approximate surface area is 77.0 Å². The van der Waals surface area contributed by atoms with Gasteiger partial charge < -0.3 is 5.11 Å². The minimum Gasteiger partial charge on any atom is -0.385 e. The van der Waals surface area contributed by atoms with Crippen molar-refractivity contribution in [2.75, 3.05) is 0 Å². The molecule has 1 nitrogen and oxygen atoms in total. The molecule has 0 spiro atoms. The zero-order chi connectivity index (χ0) is 8.77. The maximum atomic E-state index is 10.1. The van der Waals surface area contributed by atoms with Gasteiger partial charge in [0.25, 0.3) is 0 Å². The van der Waals surface area contributed by atoms with Gasteiger partial charge in [-0.15, -0.1) is 11.3 Å². The molecule has 1 heterocycles. The lowest BCUT2D eigenvalue weighted by Crippen LogP contribution is -2.06. The molecule has 0 bridgehead atoms. The molecule has 0 radical (unpaired) electrons. The molecule has 2 atom stereocenters. The van der Waals surface area contributed by atoms with Crippen LogP contribution >= 0.6 is 11.3 Å². The molecule has 1 fully saturated rings. The molecule has 0 saturated heterocycles. The number of aliphatic hydroxyl groups is 1. The third-order valence-electron chi connectivity index (χ3n) is 2.80. The van der Waals surface area contributed by atoms with Crippen molar-refractivity contribution >= 4 is 11.3 Å². The summed E-state index contributed by atoms with van der Waals surface area (Å²) < 4.78 is 0. The molecule has 2 unspecified atom stereocenters. The standard InChI is InChI=1S/C10H14OS/c1-3-8-5-10(8,11)9-4-7(2)12-6-9/h4,6,8,11H,3,5H2,1-2H3. The molecule has 2 heteroatoms. The number of hydrogen-bond acceptors (Lipinski definition) is 2. The first-order chi connectivity index (χ1) is 5.66. The molecule has 1 aromatic rings. The van der Waals surface area contributed by atoms with E-state index in [4.69, 9.17) is 0 Å². The van der Waals surface area contributed by atoms with E-state index in [1.807, 2.05) is 0 Å². The summed E-state index contributed by atoms with van der Waals surface area (Å²) in [7, 11) is 0. The Balaban J connectivity index is 2.22. The fourth-order valence-electron chi connectivity index (χ4n) is 1.82. The van der Waals surface area contributed by atoms with Crippen molar-refractivity contribution in [3.8, 4) is 0 Å². The summed E-state index contributed by atoms with van der Waals surface area (Å²) in [4.78, 5) is 1.29. The molecule has 66 valence electrons. The van der Waals surface area contributed by atoms with Crippen molar-refractivity contribution in [1.82, 2.24) is 0 Å². The van der Waals surface area contributed by atoms with E-state index >= 15 is 0 Å². The van der Waals surface area contributed by atoms with Crippen LogP contribution in [0.5, 0.6) is 0 Å². The summed E-state index contributed by atoms with van der Waals surface area (Å²) >= 11 is 1.72. The van der Waals surface area contributed by atoms with E-state index < -0.39 is 5.60 Å². The predicted octanol–water partition coefficient (Wildman–Crippen LogP) is 2.67. The van der Waals surface area contributed by atoms with E-state index in [1.165, 1.54) is 4.88 Å². The van der Waals surface area contributed by atoms with E-state index in [9.17, 15) is 5.11 Å². The van der Waals surface area contributed by atoms with Crippen LogP contribution in [0.25, 0.3) is 0 Å². The SMILES string of the molecule is CCC1CC1(O)c1csc(C)c1. The third kappa shape index (κ3) is 1.10. The molecule has 1 aliphatic rings. The summed E-state index contributed by atoms with van der Waals surface area (Å²) in [6.45, 7) is 4.22. The number of thiophene rings is 1. The van der Waals surface area contributed by atoms with Crippen LogP contribution < -0.4 is 0 Å². The third-order valence-corrected chi connectivity index (χ3v) is 3.66. The predicted molar refractivity (Wildman–Crippen MR) is 51.4 cm³/mol. The first-order valence-electron chi connectivity index (χ1n) is 4.45. The van der Waals surface area contributed by atoms with Crippen LogP contribution in [-0.2, 0) is 5.60 Å². The highest BCUT2D eigenvalue weighted by molar-refractivity contribution is 7.10. The molecular formula is C10H14OS. The van der Waals surface area contributed by atoms with Crippen molar-refractivity contribution in [3.05, 3.63) is 21.9 Å². The highest BCUT2D eigenvalue weighted by Gasteiger charge is 2.53. The molecule has 2 rings (SSSR count). The van der Waals surface area contributed by atoms with E-state index in [2.05, 4.69) is 25.3 Å². The van der Waals surface area contributed by atoms with Gasteiger partial charge in [0.2, 0.25) is 0 Å². The van der Waals surface area contributed by atoms with Crippen LogP contribution in [0.3, 0.4) is 0 Å². The lowest BCUT2D eigenvalue weighted by atomic mass is 10.1. The summed E-state index contributed by atoms with van der Waals surface area (Å²) in [5.74, 6) is 0.506. The van der Waals surface area contributed by atoms with E-state index in [1.54, 1.807) is 11.3 Å². The van der Waals surface area contributed by atoms with Gasteiger partial charge in [-0.1, -0.05) is 13.3 Å². The average molecular weight is 182 g/mol. The van der Waals surface area contributed by atoms with Gasteiger partial charge in [0, 0.05) is 4.88 Å². The first kappa shape index (κ1) is 8.27. The van der Waals surface area contributed by atoms with Crippen molar-refractivity contribution < 1.29 is 5.11 Å². The Morgan fingerprint density at radius 2 is 2.50 bits per heavy atom. The minimum atomic E-state index is -0.459. The van der Waals surface area contributed by atoms with Crippen LogP contribution in [-0.4, -0.2) is 5.11 Å². The molecule has 1 aliphatic carbocycles. The normalized spacial score (nSPS) is 33.8. The Kier molecular flexibility index (Phi) is 1.77. The lowest BCUT2D eigenvalue weighted by molar-refractivity contribution is 0.131. The average Bonchev–Trinajstić information content (AvgIpc) is 2.50. The molecule has 12 heavy (non-hydrogen) atoms. The van der Waals surface area contributed by atoms with Crippen molar-refractivity contribution in [2.24, 2.45) is 5.92 Å². The summed E-state index contributed by atoms with van der Waals surface area (Å²) in [6, 6.07) is 2.11. The molecule has 0 aromatic carbocycles. The maximum absolute atomic E-state index is 10.1. The fraction of sp³-hybridized carbons (Fsp3) is 0.600. The van der Waals surface area contributed by atoms with Crippen LogP contribution in [0.15, 0.2) is 11.4 Å². The molecule has 1 aromatic heterocycles. The summed E-state index contributed by atoms with van der Waals surface area (Å²) in [6.07, 6.45) is 2.05. The second-order valence-electron chi connectivity index (χ2n) is 3.68. The maximum Gasteiger partial charge on any atom is 0.0937 e. The quantitative estimate of drug-likeness (QED) is 0.745. The smallest absolute Gasteiger partial charge is 0.0937 e. The Morgan fingerprint density at radius 3 is 2.92 bits per heavy atom. The Bertz CT molecular complexity index is 292. The van der Waals surface area contributed by atoms with Crippen LogP contribution in [0.4, 0.5) is 0 Å². The second kappa shape index (κ2) is 2.57. The van der Waals surface area contributed by atoms with Crippen LogP contribution in [0, 0.1) is 12.8 Å². The van der Waals surface area contributed by atoms with Gasteiger partial charge >= 0.3 is 0 Å². The van der Waals surface area contributed by atoms with Crippen LogP contribution in [0.2, 0.25) is 0 Å². The van der Waals surface area contributed by atoms with E-state index in [-0.39, 0.29) is 0 Å². The highest BCUT2D eigenvalue weighted by atomic mass is 32.1. The van der Waals surface area contributed by atoms with Crippen molar-refractivity contribution in [2.45, 2.75) is 32.3 Å². The highest BCUT2D eigenvalue weighted by Crippen LogP contribution is 2.54. The summed E-state index contributed by atoms with van der Waals surface area (Å²) in [5.41, 5.74) is 0.677. The van der Waals surface area contributed by atoms with Gasteiger partial charge in [0.15, 0.2) is 0 Å². The van der Waals surface area contributed by atoms with Gasteiger partial charge in [-0.05, 0) is 36.3 Å². The molecule has 0 aliphatic heterocycles. The van der Waals surface area contributed by atoms with E-state index in [0.717, 1.165) is 18.4 Å². The molecular weight excluding hydrogens is 168 g/mol. The second-order valence-corrected chi connectivity index (χ2v) is 4.79. The minimum absolute atomic E-state index is 0.459. The summed E-state index contributed by atoms with van der Waals surface area (Å²) in [5, 5.41) is 12.2. The number of rotatable bonds is 2. The monoisotopic (exact) mass is 182 g/mol. The van der Waals surface area contributed by atoms with E-state index in [0.29, 0.717) is 5.92 Å². The largest absolute Gasteiger partial charge is 0.385 e. The zero-order valence-corrected chi connectivity index (χ0v) is 8.32. The number of aryl methyl sites for hydroxylation is 1. The van der Waals surface area contributed by atoms with Gasteiger partial charge in [-0.2, -0.15) is 0 Å². The van der Waals surface area contributed by atoms with Gasteiger partial charge in [0.1, 0.15) is 0 Å². The van der Waals surface area contributed by atoms with Gasteiger partial charge in [0.05, 0.1) is 5.60 Å². The van der Waals surface area contributed by atoms with Gasteiger partial charge in [-0.25, -0.2) is 0 Å². The first-order valence-corrected chi connectivity index (χ1v) is 5.32. The zero-order valence-electron chi connectivity index (χ0n) is 7.50. The Morgan fingerprint density at radius 1 is 1.75 bits per heavy atom.